The summed E-state index contributed by atoms with van der Waals surface area (Å²) in [5.41, 5.74) is 4.43. The molecule has 33 heavy (non-hydrogen) atoms. The topological polar surface area (TPSA) is 83.9 Å². The Morgan fingerprint density at radius 3 is 2.88 bits per heavy atom. The molecule has 9 heteroatoms. The number of benzene rings is 1. The SMILES string of the molecule is C[C@@H]1C[C@H](Cn2ccc3nc(-c4cn[nH]c4)ccc32)CN1S(=O)(=O)CCc1cccc(F)c1. The first-order valence-corrected chi connectivity index (χ1v) is 12.7. The quantitative estimate of drug-likeness (QED) is 0.448. The molecule has 0 unspecified atom stereocenters. The fraction of sp³-hybridized carbons (Fsp3) is 0.333. The monoisotopic (exact) mass is 467 g/mol. The number of aromatic nitrogens is 4. The Bertz CT molecular complexity index is 1370. The molecule has 3 aromatic heterocycles. The number of pyridine rings is 1. The van der Waals surface area contributed by atoms with Gasteiger partial charge in [0.15, 0.2) is 0 Å². The van der Waals surface area contributed by atoms with E-state index in [1.165, 1.54) is 12.1 Å². The Morgan fingerprint density at radius 2 is 2.09 bits per heavy atom. The maximum absolute atomic E-state index is 13.4. The highest BCUT2D eigenvalue weighted by Crippen LogP contribution is 2.29. The summed E-state index contributed by atoms with van der Waals surface area (Å²) in [6, 6.07) is 12.1. The zero-order chi connectivity index (χ0) is 23.0. The second-order valence-corrected chi connectivity index (χ2v) is 10.8. The minimum atomic E-state index is -3.42. The van der Waals surface area contributed by atoms with E-state index in [0.29, 0.717) is 18.5 Å². The Hall–Kier alpha value is -3.04. The first-order valence-electron chi connectivity index (χ1n) is 11.1. The minimum absolute atomic E-state index is 0.0132. The van der Waals surface area contributed by atoms with Crippen LogP contribution in [0.15, 0.2) is 61.1 Å². The van der Waals surface area contributed by atoms with Gasteiger partial charge in [-0.05, 0) is 61.6 Å². The predicted octanol–water partition coefficient (Wildman–Crippen LogP) is 3.85. The molecule has 172 valence electrons. The van der Waals surface area contributed by atoms with Gasteiger partial charge in [-0.1, -0.05) is 12.1 Å². The van der Waals surface area contributed by atoms with Crippen LogP contribution < -0.4 is 0 Å². The number of fused-ring (bicyclic) bond motifs is 1. The van der Waals surface area contributed by atoms with Crippen LogP contribution in [0.4, 0.5) is 4.39 Å². The van der Waals surface area contributed by atoms with Gasteiger partial charge in [-0.2, -0.15) is 9.40 Å². The van der Waals surface area contributed by atoms with Crippen molar-refractivity contribution in [3.05, 3.63) is 72.4 Å². The molecule has 7 nitrogen and oxygen atoms in total. The van der Waals surface area contributed by atoms with Crippen molar-refractivity contribution < 1.29 is 12.8 Å². The van der Waals surface area contributed by atoms with Crippen LogP contribution in [0, 0.1) is 11.7 Å². The van der Waals surface area contributed by atoms with Gasteiger partial charge in [0, 0.05) is 37.1 Å². The van der Waals surface area contributed by atoms with Gasteiger partial charge >= 0.3 is 0 Å². The third-order valence-corrected chi connectivity index (χ3v) is 8.32. The summed E-state index contributed by atoms with van der Waals surface area (Å²) in [6.07, 6.45) is 6.69. The molecule has 1 aliphatic rings. The summed E-state index contributed by atoms with van der Waals surface area (Å²) in [7, 11) is -3.42. The third-order valence-electron chi connectivity index (χ3n) is 6.37. The molecular weight excluding hydrogens is 441 g/mol. The van der Waals surface area contributed by atoms with Crippen molar-refractivity contribution in [3.8, 4) is 11.3 Å². The molecule has 5 rings (SSSR count). The van der Waals surface area contributed by atoms with Crippen LogP contribution in [-0.2, 0) is 23.0 Å². The maximum atomic E-state index is 13.4. The molecule has 1 saturated heterocycles. The number of hydrogen-bond acceptors (Lipinski definition) is 4. The van der Waals surface area contributed by atoms with Crippen LogP contribution in [-0.4, -0.2) is 50.8 Å². The summed E-state index contributed by atoms with van der Waals surface area (Å²) >= 11 is 0. The van der Waals surface area contributed by atoms with Crippen LogP contribution in [0.5, 0.6) is 0 Å². The number of nitrogens with zero attached hydrogens (tertiary/aromatic N) is 4. The van der Waals surface area contributed by atoms with Gasteiger partial charge in [0.05, 0.1) is 28.7 Å². The minimum Gasteiger partial charge on any atom is -0.346 e. The van der Waals surface area contributed by atoms with E-state index in [9.17, 15) is 12.8 Å². The molecule has 0 aliphatic carbocycles. The zero-order valence-corrected chi connectivity index (χ0v) is 19.2. The largest absolute Gasteiger partial charge is 0.346 e. The molecule has 0 spiro atoms. The summed E-state index contributed by atoms with van der Waals surface area (Å²) in [5, 5.41) is 6.78. The normalized spacial score (nSPS) is 19.5. The second kappa shape index (κ2) is 8.72. The van der Waals surface area contributed by atoms with E-state index in [-0.39, 0.29) is 23.5 Å². The van der Waals surface area contributed by atoms with E-state index in [2.05, 4.69) is 20.8 Å². The zero-order valence-electron chi connectivity index (χ0n) is 18.4. The van der Waals surface area contributed by atoms with Gasteiger partial charge in [0.25, 0.3) is 0 Å². The molecule has 1 aliphatic heterocycles. The number of hydrogen-bond donors (Lipinski definition) is 1. The number of aromatic amines is 1. The number of nitrogens with one attached hydrogen (secondary N) is 1. The second-order valence-electron chi connectivity index (χ2n) is 8.77. The Kier molecular flexibility index (Phi) is 5.76. The van der Waals surface area contributed by atoms with Crippen molar-refractivity contribution >= 4 is 21.1 Å². The van der Waals surface area contributed by atoms with Crippen LogP contribution >= 0.6 is 0 Å². The maximum Gasteiger partial charge on any atom is 0.214 e. The van der Waals surface area contributed by atoms with Crippen molar-refractivity contribution in [2.24, 2.45) is 5.92 Å². The molecule has 1 aromatic carbocycles. The fourth-order valence-corrected chi connectivity index (χ4v) is 6.55. The summed E-state index contributed by atoms with van der Waals surface area (Å²) < 4.78 is 43.2. The lowest BCUT2D eigenvalue weighted by atomic mass is 10.1. The number of rotatable bonds is 7. The Morgan fingerprint density at radius 1 is 1.21 bits per heavy atom. The smallest absolute Gasteiger partial charge is 0.214 e. The van der Waals surface area contributed by atoms with E-state index < -0.39 is 10.0 Å². The number of sulfonamides is 1. The third kappa shape index (κ3) is 4.56. The highest BCUT2D eigenvalue weighted by molar-refractivity contribution is 7.89. The van der Waals surface area contributed by atoms with E-state index in [1.807, 2.05) is 31.5 Å². The van der Waals surface area contributed by atoms with Crippen LogP contribution in [0.2, 0.25) is 0 Å². The van der Waals surface area contributed by atoms with Crippen molar-refractivity contribution in [2.75, 3.05) is 12.3 Å². The highest BCUT2D eigenvalue weighted by atomic mass is 32.2. The van der Waals surface area contributed by atoms with Gasteiger partial charge in [-0.3, -0.25) is 5.10 Å². The van der Waals surface area contributed by atoms with Crippen molar-refractivity contribution in [3.63, 3.8) is 0 Å². The van der Waals surface area contributed by atoms with E-state index >= 15 is 0 Å². The van der Waals surface area contributed by atoms with E-state index in [0.717, 1.165) is 35.3 Å². The van der Waals surface area contributed by atoms with Gasteiger partial charge in [-0.25, -0.2) is 17.8 Å². The lowest BCUT2D eigenvalue weighted by molar-refractivity contribution is 0.399. The molecule has 4 aromatic rings. The van der Waals surface area contributed by atoms with Gasteiger partial charge < -0.3 is 4.57 Å². The molecule has 0 amide bonds. The van der Waals surface area contributed by atoms with Gasteiger partial charge in [0.2, 0.25) is 10.0 Å². The van der Waals surface area contributed by atoms with Crippen molar-refractivity contribution in [2.45, 2.75) is 32.4 Å². The predicted molar refractivity (Wildman–Crippen MR) is 125 cm³/mol. The molecule has 0 bridgehead atoms. The summed E-state index contributed by atoms with van der Waals surface area (Å²) in [5.74, 6) is -0.140. The van der Waals surface area contributed by atoms with Crippen LogP contribution in [0.3, 0.4) is 0 Å². The first-order chi connectivity index (χ1) is 15.9. The average Bonchev–Trinajstić information content (AvgIpc) is 3.53. The lowest BCUT2D eigenvalue weighted by Crippen LogP contribution is -2.36. The average molecular weight is 468 g/mol. The summed E-state index contributed by atoms with van der Waals surface area (Å²) in [6.45, 7) is 3.19. The van der Waals surface area contributed by atoms with Crippen LogP contribution in [0.1, 0.15) is 18.9 Å². The van der Waals surface area contributed by atoms with Gasteiger partial charge in [-0.15, -0.1) is 0 Å². The summed E-state index contributed by atoms with van der Waals surface area (Å²) in [4.78, 5) is 4.73. The fourth-order valence-electron chi connectivity index (χ4n) is 4.75. The highest BCUT2D eigenvalue weighted by Gasteiger charge is 2.36. The first kappa shape index (κ1) is 21.8. The number of aryl methyl sites for hydroxylation is 1. The van der Waals surface area contributed by atoms with Crippen molar-refractivity contribution in [1.29, 1.82) is 0 Å². The van der Waals surface area contributed by atoms with E-state index in [4.69, 9.17) is 4.98 Å². The number of halogens is 1. The lowest BCUT2D eigenvalue weighted by Gasteiger charge is -2.21. The molecule has 0 saturated carbocycles. The standard InChI is InChI=1S/C24H26FN5O2S/c1-17-11-19(16-30(17)33(31,32)10-8-18-3-2-4-21(25)12-18)15-29-9-7-23-24(29)6-5-22(28-23)20-13-26-27-14-20/h2-7,9,12-14,17,19H,8,10-11,15-16H2,1H3,(H,26,27)/t17-,19-/m1/s1. The molecule has 0 radical (unpaired) electrons. The molecule has 2 atom stereocenters. The van der Waals surface area contributed by atoms with Gasteiger partial charge in [0.1, 0.15) is 5.82 Å². The molecule has 1 N–H and O–H groups in total. The molecule has 1 fully saturated rings. The van der Waals surface area contributed by atoms with Crippen LogP contribution in [0.25, 0.3) is 22.3 Å². The number of H-pyrrole nitrogens is 1. The Labute approximate surface area is 192 Å². The Balaban J connectivity index is 1.26. The van der Waals surface area contributed by atoms with E-state index in [1.54, 1.807) is 22.6 Å². The molecular formula is C24H26FN5O2S. The molecule has 4 heterocycles. The van der Waals surface area contributed by atoms with Crippen molar-refractivity contribution in [1.82, 2.24) is 24.1 Å².